The number of nitrogens with one attached hydrogen (secondary N) is 1. The topological polar surface area (TPSA) is 32.3 Å². The number of amides is 2. The van der Waals surface area contributed by atoms with Gasteiger partial charge in [0.15, 0.2) is 0 Å². The van der Waals surface area contributed by atoms with E-state index in [-0.39, 0.29) is 12.1 Å². The third-order valence-electron chi connectivity index (χ3n) is 3.89. The lowest BCUT2D eigenvalue weighted by Gasteiger charge is -2.35. The van der Waals surface area contributed by atoms with E-state index < -0.39 is 0 Å². The molecular weight excluding hydrogens is 319 g/mol. The summed E-state index contributed by atoms with van der Waals surface area (Å²) in [6, 6.07) is 12.8. The Labute approximate surface area is 139 Å². The van der Waals surface area contributed by atoms with Gasteiger partial charge < -0.3 is 5.32 Å². The van der Waals surface area contributed by atoms with E-state index in [0.717, 1.165) is 29.8 Å². The molecule has 0 bridgehead atoms. The van der Waals surface area contributed by atoms with Gasteiger partial charge in [-0.2, -0.15) is 0 Å². The van der Waals surface area contributed by atoms with E-state index in [4.69, 9.17) is 23.2 Å². The number of rotatable bonds is 1. The Kier molecular flexibility index (Phi) is 4.27. The second kappa shape index (κ2) is 6.19. The van der Waals surface area contributed by atoms with Crippen LogP contribution in [0.25, 0.3) is 0 Å². The minimum atomic E-state index is -0.141. The Morgan fingerprint density at radius 1 is 1.14 bits per heavy atom. The first-order valence-corrected chi connectivity index (χ1v) is 7.94. The Bertz CT molecular complexity index is 700. The van der Waals surface area contributed by atoms with E-state index in [1.54, 1.807) is 29.2 Å². The molecular formula is C17H16Cl2N2O. The number of halogens is 2. The van der Waals surface area contributed by atoms with Crippen LogP contribution in [0.2, 0.25) is 10.0 Å². The molecule has 0 saturated carbocycles. The maximum atomic E-state index is 12.7. The van der Waals surface area contributed by atoms with Crippen LogP contribution in [-0.2, 0) is 6.42 Å². The van der Waals surface area contributed by atoms with Crippen molar-refractivity contribution in [3.63, 3.8) is 0 Å². The average molecular weight is 335 g/mol. The van der Waals surface area contributed by atoms with Gasteiger partial charge in [-0.05, 0) is 67.8 Å². The molecule has 22 heavy (non-hydrogen) atoms. The van der Waals surface area contributed by atoms with E-state index in [1.165, 1.54) is 0 Å². The number of carbonyl (C=O) groups excluding carboxylic acids is 1. The summed E-state index contributed by atoms with van der Waals surface area (Å²) in [5, 5.41) is 4.26. The lowest BCUT2D eigenvalue weighted by atomic mass is 9.97. The number of benzene rings is 2. The smallest absolute Gasteiger partial charge is 0.308 e. The molecule has 0 aromatic heterocycles. The van der Waals surface area contributed by atoms with Gasteiger partial charge in [-0.15, -0.1) is 0 Å². The van der Waals surface area contributed by atoms with Crippen LogP contribution < -0.4 is 10.2 Å². The van der Waals surface area contributed by atoms with E-state index in [2.05, 4.69) is 12.2 Å². The number of hydrogen-bond acceptors (Lipinski definition) is 1. The monoisotopic (exact) mass is 334 g/mol. The number of carbonyl (C=O) groups is 1. The zero-order valence-corrected chi connectivity index (χ0v) is 13.7. The van der Waals surface area contributed by atoms with Crippen LogP contribution in [0.3, 0.4) is 0 Å². The SMILES string of the molecule is CC1CCc2cc(Cl)ccc2N1C(=O)Nc1ccc(Cl)cc1. The molecule has 3 nitrogen and oxygen atoms in total. The molecule has 0 radical (unpaired) electrons. The molecule has 1 N–H and O–H groups in total. The van der Waals surface area contributed by atoms with Gasteiger partial charge >= 0.3 is 6.03 Å². The molecule has 1 aliphatic heterocycles. The summed E-state index contributed by atoms with van der Waals surface area (Å²) in [5.74, 6) is 0. The molecule has 1 aliphatic rings. The highest BCUT2D eigenvalue weighted by Gasteiger charge is 2.28. The van der Waals surface area contributed by atoms with Gasteiger partial charge in [-0.3, -0.25) is 4.90 Å². The molecule has 1 unspecified atom stereocenters. The first-order chi connectivity index (χ1) is 10.5. The third-order valence-corrected chi connectivity index (χ3v) is 4.37. The standard InChI is InChI=1S/C17H16Cl2N2O/c1-11-2-3-12-10-14(19)6-9-16(12)21(11)17(22)20-15-7-4-13(18)5-8-15/h4-11H,2-3H2,1H3,(H,20,22). The predicted octanol–water partition coefficient (Wildman–Crippen LogP) is 5.37. The molecule has 0 aliphatic carbocycles. The lowest BCUT2D eigenvalue weighted by Crippen LogP contribution is -2.44. The van der Waals surface area contributed by atoms with Crippen molar-refractivity contribution < 1.29 is 4.79 Å². The highest BCUT2D eigenvalue weighted by molar-refractivity contribution is 6.31. The molecule has 1 atom stereocenters. The van der Waals surface area contributed by atoms with Crippen LogP contribution in [0.5, 0.6) is 0 Å². The number of urea groups is 1. The molecule has 2 amide bonds. The van der Waals surface area contributed by atoms with Crippen LogP contribution in [0.4, 0.5) is 16.2 Å². The van der Waals surface area contributed by atoms with Crippen molar-refractivity contribution >= 4 is 40.6 Å². The van der Waals surface area contributed by atoms with Gasteiger partial charge in [0.05, 0.1) is 0 Å². The summed E-state index contributed by atoms with van der Waals surface area (Å²) in [4.78, 5) is 14.5. The third kappa shape index (κ3) is 3.06. The average Bonchev–Trinajstić information content (AvgIpc) is 2.49. The summed E-state index contributed by atoms with van der Waals surface area (Å²) < 4.78 is 0. The molecule has 114 valence electrons. The first kappa shape index (κ1) is 15.2. The first-order valence-electron chi connectivity index (χ1n) is 7.19. The molecule has 0 fully saturated rings. The van der Waals surface area contributed by atoms with Crippen molar-refractivity contribution in [2.75, 3.05) is 10.2 Å². The van der Waals surface area contributed by atoms with Crippen LogP contribution in [-0.4, -0.2) is 12.1 Å². The number of anilines is 2. The van der Waals surface area contributed by atoms with Crippen molar-refractivity contribution in [1.82, 2.24) is 0 Å². The van der Waals surface area contributed by atoms with Crippen LogP contribution in [0.1, 0.15) is 18.9 Å². The van der Waals surface area contributed by atoms with Crippen LogP contribution >= 0.6 is 23.2 Å². The van der Waals surface area contributed by atoms with E-state index >= 15 is 0 Å². The number of aryl methyl sites for hydroxylation is 1. The minimum absolute atomic E-state index is 0.140. The molecule has 5 heteroatoms. The Morgan fingerprint density at radius 2 is 1.82 bits per heavy atom. The van der Waals surface area contributed by atoms with E-state index in [0.29, 0.717) is 10.0 Å². The van der Waals surface area contributed by atoms with Crippen molar-refractivity contribution in [2.45, 2.75) is 25.8 Å². The summed E-state index contributed by atoms with van der Waals surface area (Å²) in [7, 11) is 0. The van der Waals surface area contributed by atoms with Crippen molar-refractivity contribution in [1.29, 1.82) is 0 Å². The fraction of sp³-hybridized carbons (Fsp3) is 0.235. The molecule has 3 rings (SSSR count). The molecule has 0 saturated heterocycles. The number of fused-ring (bicyclic) bond motifs is 1. The zero-order chi connectivity index (χ0) is 15.7. The van der Waals surface area contributed by atoms with Crippen LogP contribution in [0, 0.1) is 0 Å². The summed E-state index contributed by atoms with van der Waals surface area (Å²) in [5.41, 5.74) is 2.76. The predicted molar refractivity (Wildman–Crippen MR) is 92.2 cm³/mol. The Morgan fingerprint density at radius 3 is 2.55 bits per heavy atom. The summed E-state index contributed by atoms with van der Waals surface area (Å²) in [6.07, 6.45) is 1.85. The number of nitrogens with zero attached hydrogens (tertiary/aromatic N) is 1. The van der Waals surface area contributed by atoms with E-state index in [1.807, 2.05) is 18.2 Å². The normalized spacial score (nSPS) is 17.0. The molecule has 2 aromatic carbocycles. The van der Waals surface area contributed by atoms with Gasteiger partial charge in [0.1, 0.15) is 0 Å². The van der Waals surface area contributed by atoms with Crippen molar-refractivity contribution in [2.24, 2.45) is 0 Å². The number of hydrogen-bond donors (Lipinski definition) is 1. The lowest BCUT2D eigenvalue weighted by molar-refractivity contribution is 0.254. The second-order valence-electron chi connectivity index (χ2n) is 5.47. The maximum Gasteiger partial charge on any atom is 0.326 e. The fourth-order valence-corrected chi connectivity index (χ4v) is 3.07. The quantitative estimate of drug-likeness (QED) is 0.747. The van der Waals surface area contributed by atoms with Gasteiger partial charge in [0.25, 0.3) is 0 Å². The minimum Gasteiger partial charge on any atom is -0.308 e. The molecule has 1 heterocycles. The summed E-state index contributed by atoms with van der Waals surface area (Å²) in [6.45, 7) is 2.05. The van der Waals surface area contributed by atoms with Gasteiger partial charge in [0, 0.05) is 27.5 Å². The Hall–Kier alpha value is -1.71. The maximum absolute atomic E-state index is 12.7. The molecule has 2 aromatic rings. The van der Waals surface area contributed by atoms with Crippen molar-refractivity contribution in [3.8, 4) is 0 Å². The van der Waals surface area contributed by atoms with Gasteiger partial charge in [0.2, 0.25) is 0 Å². The second-order valence-corrected chi connectivity index (χ2v) is 6.34. The molecule has 0 spiro atoms. The zero-order valence-electron chi connectivity index (χ0n) is 12.1. The van der Waals surface area contributed by atoms with E-state index in [9.17, 15) is 4.79 Å². The highest BCUT2D eigenvalue weighted by Crippen LogP contribution is 2.33. The summed E-state index contributed by atoms with van der Waals surface area (Å²) >= 11 is 11.9. The van der Waals surface area contributed by atoms with Gasteiger partial charge in [-0.25, -0.2) is 4.79 Å². The fourth-order valence-electron chi connectivity index (χ4n) is 2.75. The largest absolute Gasteiger partial charge is 0.326 e. The highest BCUT2D eigenvalue weighted by atomic mass is 35.5. The Balaban J connectivity index is 1.87. The van der Waals surface area contributed by atoms with Crippen molar-refractivity contribution in [3.05, 3.63) is 58.1 Å². The van der Waals surface area contributed by atoms with Crippen LogP contribution in [0.15, 0.2) is 42.5 Å². The van der Waals surface area contributed by atoms with Gasteiger partial charge in [-0.1, -0.05) is 23.2 Å².